The van der Waals surface area contributed by atoms with Crippen molar-refractivity contribution < 1.29 is 19.1 Å². The zero-order chi connectivity index (χ0) is 22.8. The summed E-state index contributed by atoms with van der Waals surface area (Å²) in [6.45, 7) is 4.44. The number of nitrogens with zero attached hydrogens (tertiary/aromatic N) is 2. The van der Waals surface area contributed by atoms with Crippen LogP contribution in [0.2, 0.25) is 0 Å². The third kappa shape index (κ3) is 4.14. The highest BCUT2D eigenvalue weighted by molar-refractivity contribution is 9.10. The van der Waals surface area contributed by atoms with Crippen LogP contribution in [0.1, 0.15) is 47.3 Å². The van der Waals surface area contributed by atoms with Crippen LogP contribution in [-0.4, -0.2) is 35.2 Å². The van der Waals surface area contributed by atoms with Crippen molar-refractivity contribution >= 4 is 33.4 Å². The first kappa shape index (κ1) is 22.1. The fourth-order valence-corrected chi connectivity index (χ4v) is 4.16. The molecular weight excluding hydrogens is 474 g/mol. The van der Waals surface area contributed by atoms with Crippen LogP contribution in [0.15, 0.2) is 46.9 Å². The number of hydrogen-bond acceptors (Lipinski definition) is 5. The summed E-state index contributed by atoms with van der Waals surface area (Å²) in [5.41, 5.74) is 2.70. The number of carbonyl (C=O) groups excluding carboxylic acids is 2. The van der Waals surface area contributed by atoms with Crippen LogP contribution < -0.4 is 14.8 Å². The summed E-state index contributed by atoms with van der Waals surface area (Å²) in [6, 6.07) is 12.7. The van der Waals surface area contributed by atoms with Crippen LogP contribution in [0.4, 0.5) is 5.82 Å². The molecule has 3 aromatic rings. The van der Waals surface area contributed by atoms with Crippen molar-refractivity contribution in [2.24, 2.45) is 0 Å². The van der Waals surface area contributed by atoms with Gasteiger partial charge in [0.15, 0.2) is 17.3 Å². The molecule has 1 aromatic heterocycles. The molecule has 4 rings (SSSR count). The lowest BCUT2D eigenvalue weighted by Crippen LogP contribution is -2.28. The minimum Gasteiger partial charge on any atom is -0.493 e. The summed E-state index contributed by atoms with van der Waals surface area (Å²) in [5, 5.41) is 7.53. The van der Waals surface area contributed by atoms with E-state index in [9.17, 15) is 9.59 Å². The lowest BCUT2D eigenvalue weighted by molar-refractivity contribution is -0.116. The number of anilines is 1. The van der Waals surface area contributed by atoms with E-state index in [1.807, 2.05) is 38.1 Å². The smallest absolute Gasteiger partial charge is 0.226 e. The Labute approximate surface area is 194 Å². The Hall–Kier alpha value is -3.13. The molecule has 32 heavy (non-hydrogen) atoms. The molecule has 0 fully saturated rings. The summed E-state index contributed by atoms with van der Waals surface area (Å²) < 4.78 is 13.7. The molecule has 166 valence electrons. The number of nitrogens with one attached hydrogen (secondary N) is 1. The predicted octanol–water partition coefficient (Wildman–Crippen LogP) is 5.05. The Morgan fingerprint density at radius 1 is 1.22 bits per heavy atom. The molecule has 1 aliphatic heterocycles. The molecule has 0 aliphatic carbocycles. The van der Waals surface area contributed by atoms with Crippen LogP contribution in [0, 0.1) is 6.92 Å². The normalized spacial score (nSPS) is 15.1. The molecule has 0 bridgehead atoms. The number of ketones is 1. The zero-order valence-corrected chi connectivity index (χ0v) is 19.7. The Morgan fingerprint density at radius 2 is 1.97 bits per heavy atom. The van der Waals surface area contributed by atoms with Crippen molar-refractivity contribution in [1.29, 1.82) is 0 Å². The van der Waals surface area contributed by atoms with Crippen molar-refractivity contribution in [2.75, 3.05) is 19.0 Å². The summed E-state index contributed by atoms with van der Waals surface area (Å²) in [5.74, 6) is 0.618. The highest BCUT2D eigenvalue weighted by atomic mass is 79.9. The molecule has 1 amide bonds. The Kier molecular flexibility index (Phi) is 6.32. The highest BCUT2D eigenvalue weighted by Gasteiger charge is 2.36. The molecule has 7 nitrogen and oxygen atoms in total. The molecule has 1 N–H and O–H groups in total. The molecule has 0 unspecified atom stereocenters. The average molecular weight is 498 g/mol. The first-order valence-corrected chi connectivity index (χ1v) is 11.2. The molecule has 8 heteroatoms. The van der Waals surface area contributed by atoms with Gasteiger partial charge in [0.05, 0.1) is 31.0 Å². The van der Waals surface area contributed by atoms with E-state index in [2.05, 4.69) is 26.3 Å². The predicted molar refractivity (Wildman–Crippen MR) is 125 cm³/mol. The van der Waals surface area contributed by atoms with Crippen LogP contribution in [0.5, 0.6) is 11.5 Å². The number of methoxy groups -OCH3 is 1. The number of aromatic nitrogens is 2. The third-order valence-corrected chi connectivity index (χ3v) is 5.93. The number of amides is 1. The van der Waals surface area contributed by atoms with E-state index in [1.54, 1.807) is 30.0 Å². The van der Waals surface area contributed by atoms with Crippen LogP contribution >= 0.6 is 15.9 Å². The third-order valence-electron chi connectivity index (χ3n) is 5.40. The van der Waals surface area contributed by atoms with Crippen molar-refractivity contribution in [3.05, 3.63) is 63.8 Å². The maximum absolute atomic E-state index is 13.5. The van der Waals surface area contributed by atoms with Gasteiger partial charge in [0.2, 0.25) is 5.91 Å². The summed E-state index contributed by atoms with van der Waals surface area (Å²) in [7, 11) is 1.54. The Balaban J connectivity index is 1.73. The maximum Gasteiger partial charge on any atom is 0.226 e. The summed E-state index contributed by atoms with van der Waals surface area (Å²) in [6.07, 6.45) is 0.931. The highest BCUT2D eigenvalue weighted by Crippen LogP contribution is 2.39. The second kappa shape index (κ2) is 9.16. The minimum atomic E-state index is -0.630. The van der Waals surface area contributed by atoms with Gasteiger partial charge in [-0.3, -0.25) is 9.59 Å². The maximum atomic E-state index is 13.5. The van der Waals surface area contributed by atoms with Gasteiger partial charge in [-0.25, -0.2) is 4.68 Å². The van der Waals surface area contributed by atoms with Gasteiger partial charge in [0, 0.05) is 22.0 Å². The number of carbonyl (C=O) groups is 2. The molecular formula is C24H24BrN3O4. The number of benzene rings is 2. The number of Topliss-reactive ketones (excluding diaryl/α,β-unsaturated/α-hetero) is 1. The fourth-order valence-electron chi connectivity index (χ4n) is 3.89. The van der Waals surface area contributed by atoms with Crippen molar-refractivity contribution in [3.63, 3.8) is 0 Å². The van der Waals surface area contributed by atoms with E-state index in [4.69, 9.17) is 9.47 Å². The van der Waals surface area contributed by atoms with Crippen molar-refractivity contribution in [3.8, 4) is 17.2 Å². The number of rotatable bonds is 7. The molecule has 2 heterocycles. The van der Waals surface area contributed by atoms with E-state index >= 15 is 0 Å². The van der Waals surface area contributed by atoms with Gasteiger partial charge in [-0.15, -0.1) is 0 Å². The summed E-state index contributed by atoms with van der Waals surface area (Å²) >= 11 is 3.43. The largest absolute Gasteiger partial charge is 0.493 e. The molecule has 0 spiro atoms. The summed E-state index contributed by atoms with van der Waals surface area (Å²) in [4.78, 5) is 26.1. The van der Waals surface area contributed by atoms with Gasteiger partial charge in [-0.2, -0.15) is 5.10 Å². The van der Waals surface area contributed by atoms with Gasteiger partial charge < -0.3 is 14.8 Å². The molecule has 1 aliphatic rings. The number of halogens is 1. The van der Waals surface area contributed by atoms with E-state index in [1.165, 1.54) is 0 Å². The average Bonchev–Trinajstić information content (AvgIpc) is 3.13. The fraction of sp³-hybridized carbons (Fsp3) is 0.292. The SMILES string of the molecule is CCCOc1ccc(C(=O)[C@@H]2CC(=O)Nc3c2c(C)nn3-c2ccc(Br)cc2)cc1OC. The molecule has 1 atom stereocenters. The van der Waals surface area contributed by atoms with Gasteiger partial charge in [-0.1, -0.05) is 22.9 Å². The molecule has 0 saturated heterocycles. The first-order chi connectivity index (χ1) is 15.4. The monoisotopic (exact) mass is 497 g/mol. The minimum absolute atomic E-state index is 0.0646. The standard InChI is InChI=1S/C24H24BrN3O4/c1-4-11-32-19-10-5-15(12-20(19)31-3)23(30)18-13-21(29)26-24-22(18)14(2)27-28(24)17-8-6-16(25)7-9-17/h5-10,12,18H,4,11,13H2,1-3H3,(H,26,29)/t18-/m1/s1. The quantitative estimate of drug-likeness (QED) is 0.461. The van der Waals surface area contributed by atoms with Gasteiger partial charge in [0.1, 0.15) is 5.82 Å². The van der Waals surface area contributed by atoms with Gasteiger partial charge in [-0.05, 0) is 55.8 Å². The lowest BCUT2D eigenvalue weighted by atomic mass is 9.85. The first-order valence-electron chi connectivity index (χ1n) is 10.4. The Bertz CT molecular complexity index is 1170. The molecule has 0 saturated carbocycles. The zero-order valence-electron chi connectivity index (χ0n) is 18.1. The van der Waals surface area contributed by atoms with Gasteiger partial charge in [0.25, 0.3) is 0 Å². The van der Waals surface area contributed by atoms with E-state index in [0.717, 1.165) is 22.1 Å². The number of fused-ring (bicyclic) bond motifs is 1. The molecule has 0 radical (unpaired) electrons. The van der Waals surface area contributed by atoms with Crippen LogP contribution in [-0.2, 0) is 4.79 Å². The van der Waals surface area contributed by atoms with E-state index in [0.29, 0.717) is 35.2 Å². The molecule has 2 aromatic carbocycles. The topological polar surface area (TPSA) is 82.5 Å². The van der Waals surface area contributed by atoms with E-state index < -0.39 is 5.92 Å². The lowest BCUT2D eigenvalue weighted by Gasteiger charge is -2.23. The number of hydrogen-bond donors (Lipinski definition) is 1. The second-order valence-corrected chi connectivity index (χ2v) is 8.53. The number of ether oxygens (including phenoxy) is 2. The van der Waals surface area contributed by atoms with Crippen LogP contribution in [0.25, 0.3) is 5.69 Å². The van der Waals surface area contributed by atoms with E-state index in [-0.39, 0.29) is 18.1 Å². The second-order valence-electron chi connectivity index (χ2n) is 7.62. The Morgan fingerprint density at radius 3 is 2.66 bits per heavy atom. The van der Waals surface area contributed by atoms with Crippen LogP contribution in [0.3, 0.4) is 0 Å². The van der Waals surface area contributed by atoms with Gasteiger partial charge >= 0.3 is 0 Å². The number of aryl methyl sites for hydroxylation is 1. The van der Waals surface area contributed by atoms with Crippen molar-refractivity contribution in [2.45, 2.75) is 32.6 Å². The van der Waals surface area contributed by atoms with Crippen molar-refractivity contribution in [1.82, 2.24) is 9.78 Å².